The van der Waals surface area contributed by atoms with Crippen LogP contribution in [0.4, 0.5) is 0 Å². The summed E-state index contributed by atoms with van der Waals surface area (Å²) >= 11 is 8.42. The van der Waals surface area contributed by atoms with Crippen LogP contribution >= 0.6 is 22.9 Å². The molecule has 0 aliphatic carbocycles. The lowest BCUT2D eigenvalue weighted by Gasteiger charge is -2.09. The summed E-state index contributed by atoms with van der Waals surface area (Å²) < 4.78 is 5.73. The Labute approximate surface area is 123 Å². The Kier molecular flexibility index (Phi) is 3.55. The molecule has 1 nitrogen and oxygen atoms in total. The number of alkyl halides is 1. The van der Waals surface area contributed by atoms with E-state index >= 15 is 0 Å². The van der Waals surface area contributed by atoms with E-state index in [0.29, 0.717) is 0 Å². The van der Waals surface area contributed by atoms with Crippen molar-refractivity contribution < 1.29 is 4.74 Å². The second-order valence-electron chi connectivity index (χ2n) is 5.02. The molecule has 0 fully saturated rings. The fourth-order valence-electron chi connectivity index (χ4n) is 2.48. The Morgan fingerprint density at radius 2 is 2.21 bits per heavy atom. The molecule has 0 N–H and O–H groups in total. The Morgan fingerprint density at radius 1 is 1.37 bits per heavy atom. The highest BCUT2D eigenvalue weighted by atomic mass is 35.5. The zero-order valence-electron chi connectivity index (χ0n) is 11.2. The summed E-state index contributed by atoms with van der Waals surface area (Å²) in [5.74, 6) is 1.01. The fourth-order valence-corrected chi connectivity index (χ4v) is 3.79. The van der Waals surface area contributed by atoms with Gasteiger partial charge in [-0.15, -0.1) is 22.9 Å². The summed E-state index contributed by atoms with van der Waals surface area (Å²) in [6.07, 6.45) is 2.34. The molecule has 2 unspecified atom stereocenters. The topological polar surface area (TPSA) is 9.23 Å². The zero-order chi connectivity index (χ0) is 13.4. The highest BCUT2D eigenvalue weighted by Gasteiger charge is 2.21. The molecule has 0 saturated carbocycles. The average Bonchev–Trinajstić information content (AvgIpc) is 3.01. The van der Waals surface area contributed by atoms with Gasteiger partial charge in [0, 0.05) is 16.2 Å². The number of thiophene rings is 1. The summed E-state index contributed by atoms with van der Waals surface area (Å²) in [5, 5.41) is -0.0495. The van der Waals surface area contributed by atoms with Crippen molar-refractivity contribution in [3.05, 3.63) is 51.2 Å². The monoisotopic (exact) mass is 292 g/mol. The van der Waals surface area contributed by atoms with Crippen molar-refractivity contribution in [2.45, 2.75) is 38.2 Å². The number of benzene rings is 1. The van der Waals surface area contributed by atoms with Gasteiger partial charge in [-0.2, -0.15) is 0 Å². The van der Waals surface area contributed by atoms with Gasteiger partial charge in [-0.1, -0.05) is 19.1 Å². The number of fused-ring (bicyclic) bond motifs is 1. The van der Waals surface area contributed by atoms with Crippen LogP contribution in [0, 0.1) is 0 Å². The van der Waals surface area contributed by atoms with E-state index in [0.717, 1.165) is 18.6 Å². The predicted molar refractivity (Wildman–Crippen MR) is 81.6 cm³/mol. The molecular weight excluding hydrogens is 276 g/mol. The highest BCUT2D eigenvalue weighted by Crippen LogP contribution is 2.37. The molecule has 2 atom stereocenters. The van der Waals surface area contributed by atoms with Gasteiger partial charge in [0.15, 0.2) is 0 Å². The largest absolute Gasteiger partial charge is 0.490 e. The van der Waals surface area contributed by atoms with Crippen molar-refractivity contribution >= 4 is 22.9 Å². The third-order valence-electron chi connectivity index (χ3n) is 3.49. The minimum Gasteiger partial charge on any atom is -0.490 e. The zero-order valence-corrected chi connectivity index (χ0v) is 12.7. The molecule has 1 aliphatic heterocycles. The lowest BCUT2D eigenvalue weighted by Crippen LogP contribution is -2.05. The van der Waals surface area contributed by atoms with E-state index in [4.69, 9.17) is 16.3 Å². The number of halogens is 1. The van der Waals surface area contributed by atoms with Crippen LogP contribution in [0.15, 0.2) is 30.3 Å². The van der Waals surface area contributed by atoms with Crippen LogP contribution in [0.25, 0.3) is 0 Å². The minimum absolute atomic E-state index is 0.0495. The maximum absolute atomic E-state index is 6.61. The van der Waals surface area contributed by atoms with Gasteiger partial charge in [-0.3, -0.25) is 0 Å². The number of aryl methyl sites for hydroxylation is 1. The standard InChI is InChI=1S/C16H17ClOS/c1-3-13-5-7-15(19-13)16(17)11-4-6-14-12(9-11)8-10(2)18-14/h4-7,9-10,16H,3,8H2,1-2H3. The van der Waals surface area contributed by atoms with Gasteiger partial charge in [0.25, 0.3) is 0 Å². The second-order valence-corrected chi connectivity index (χ2v) is 6.66. The second kappa shape index (κ2) is 5.18. The molecule has 1 aliphatic rings. The van der Waals surface area contributed by atoms with Gasteiger partial charge in [0.1, 0.15) is 11.9 Å². The maximum Gasteiger partial charge on any atom is 0.123 e. The molecular formula is C16H17ClOS. The smallest absolute Gasteiger partial charge is 0.123 e. The van der Waals surface area contributed by atoms with E-state index in [1.807, 2.05) is 0 Å². The van der Waals surface area contributed by atoms with Crippen LogP contribution in [0.1, 0.15) is 40.1 Å². The molecule has 0 bridgehead atoms. The molecule has 19 heavy (non-hydrogen) atoms. The van der Waals surface area contributed by atoms with Crippen molar-refractivity contribution in [3.8, 4) is 5.75 Å². The first kappa shape index (κ1) is 13.0. The van der Waals surface area contributed by atoms with Crippen molar-refractivity contribution in [3.63, 3.8) is 0 Å². The SMILES string of the molecule is CCc1ccc(C(Cl)c2ccc3c(c2)CC(C)O3)s1. The van der Waals surface area contributed by atoms with Crippen LogP contribution < -0.4 is 4.74 Å². The first-order chi connectivity index (χ1) is 9.17. The van der Waals surface area contributed by atoms with Crippen LogP contribution in [-0.4, -0.2) is 6.10 Å². The molecule has 0 saturated heterocycles. The van der Waals surface area contributed by atoms with Crippen molar-refractivity contribution in [2.75, 3.05) is 0 Å². The maximum atomic E-state index is 6.61. The average molecular weight is 293 g/mol. The predicted octanol–water partition coefficient (Wildman–Crippen LogP) is 4.96. The first-order valence-corrected chi connectivity index (χ1v) is 7.95. The van der Waals surface area contributed by atoms with E-state index in [1.165, 1.54) is 20.9 Å². The van der Waals surface area contributed by atoms with E-state index in [9.17, 15) is 0 Å². The molecule has 3 heteroatoms. The molecule has 3 rings (SSSR count). The number of hydrogen-bond donors (Lipinski definition) is 0. The summed E-state index contributed by atoms with van der Waals surface area (Å²) in [7, 11) is 0. The van der Waals surface area contributed by atoms with E-state index in [-0.39, 0.29) is 11.5 Å². The van der Waals surface area contributed by atoms with Crippen LogP contribution in [-0.2, 0) is 12.8 Å². The molecule has 0 spiro atoms. The normalized spacial score (nSPS) is 19.0. The van der Waals surface area contributed by atoms with Crippen molar-refractivity contribution in [1.29, 1.82) is 0 Å². The summed E-state index contributed by atoms with van der Waals surface area (Å²) in [6, 6.07) is 10.7. The summed E-state index contributed by atoms with van der Waals surface area (Å²) in [6.45, 7) is 4.28. The lowest BCUT2D eigenvalue weighted by atomic mass is 10.0. The first-order valence-electron chi connectivity index (χ1n) is 6.69. The van der Waals surface area contributed by atoms with Crippen molar-refractivity contribution in [1.82, 2.24) is 0 Å². The Hall–Kier alpha value is -0.990. The third-order valence-corrected chi connectivity index (χ3v) is 5.40. The highest BCUT2D eigenvalue weighted by molar-refractivity contribution is 7.12. The third kappa shape index (κ3) is 2.52. The van der Waals surface area contributed by atoms with Gasteiger partial charge in [-0.25, -0.2) is 0 Å². The van der Waals surface area contributed by atoms with Gasteiger partial charge >= 0.3 is 0 Å². The molecule has 1 aromatic carbocycles. The van der Waals surface area contributed by atoms with Gasteiger partial charge in [0.05, 0.1) is 5.38 Å². The number of rotatable bonds is 3. The van der Waals surface area contributed by atoms with Crippen LogP contribution in [0.3, 0.4) is 0 Å². The number of ether oxygens (including phenoxy) is 1. The Bertz CT molecular complexity index is 590. The quantitative estimate of drug-likeness (QED) is 0.726. The van der Waals surface area contributed by atoms with E-state index in [2.05, 4.69) is 44.2 Å². The summed E-state index contributed by atoms with van der Waals surface area (Å²) in [4.78, 5) is 2.61. The van der Waals surface area contributed by atoms with E-state index < -0.39 is 0 Å². The lowest BCUT2D eigenvalue weighted by molar-refractivity contribution is 0.254. The van der Waals surface area contributed by atoms with E-state index in [1.54, 1.807) is 11.3 Å². The Morgan fingerprint density at radius 3 is 2.95 bits per heavy atom. The van der Waals surface area contributed by atoms with Gasteiger partial charge < -0.3 is 4.74 Å². The van der Waals surface area contributed by atoms with Crippen LogP contribution in [0.2, 0.25) is 0 Å². The van der Waals surface area contributed by atoms with Gasteiger partial charge in [0.2, 0.25) is 0 Å². The summed E-state index contributed by atoms with van der Waals surface area (Å²) in [5.41, 5.74) is 2.45. The molecule has 100 valence electrons. The van der Waals surface area contributed by atoms with Crippen LogP contribution in [0.5, 0.6) is 5.75 Å². The molecule has 0 amide bonds. The molecule has 1 aromatic heterocycles. The van der Waals surface area contributed by atoms with Gasteiger partial charge in [-0.05, 0) is 42.7 Å². The molecule has 2 heterocycles. The molecule has 0 radical (unpaired) electrons. The number of hydrogen-bond acceptors (Lipinski definition) is 2. The Balaban J connectivity index is 1.88. The fraction of sp³-hybridized carbons (Fsp3) is 0.375. The molecule has 2 aromatic rings. The van der Waals surface area contributed by atoms with Crippen molar-refractivity contribution in [2.24, 2.45) is 0 Å². The minimum atomic E-state index is -0.0495.